The van der Waals surface area contributed by atoms with Crippen molar-refractivity contribution < 1.29 is 23.9 Å². The number of nitrogens with zero attached hydrogens (tertiary/aromatic N) is 1. The highest BCUT2D eigenvalue weighted by Crippen LogP contribution is 2.32. The lowest BCUT2D eigenvalue weighted by molar-refractivity contribution is -0.139. The molecule has 1 atom stereocenters. The molecule has 1 heterocycles. The molecule has 0 unspecified atom stereocenters. The summed E-state index contributed by atoms with van der Waals surface area (Å²) in [5.74, 6) is -1.38. The predicted octanol–water partition coefficient (Wildman–Crippen LogP) is 3.39. The second-order valence-electron chi connectivity index (χ2n) is 6.23. The molecule has 0 radical (unpaired) electrons. The van der Waals surface area contributed by atoms with Crippen LogP contribution in [-0.4, -0.2) is 31.5 Å². The van der Waals surface area contributed by atoms with E-state index in [0.29, 0.717) is 22.0 Å². The van der Waals surface area contributed by atoms with Gasteiger partial charge in [-0.3, -0.25) is 9.59 Å². The first kappa shape index (κ1) is 18.9. The summed E-state index contributed by atoms with van der Waals surface area (Å²) in [5.41, 5.74) is 1.85. The highest BCUT2D eigenvalue weighted by Gasteiger charge is 2.37. The third kappa shape index (κ3) is 3.95. The Morgan fingerprint density at radius 3 is 2.52 bits per heavy atom. The third-order valence-corrected chi connectivity index (χ3v) is 4.89. The molecule has 0 aromatic heterocycles. The van der Waals surface area contributed by atoms with Crippen molar-refractivity contribution in [3.63, 3.8) is 0 Å². The average molecular weight is 388 g/mol. The Hall–Kier alpha value is -2.86. The normalized spacial score (nSPS) is 16.3. The van der Waals surface area contributed by atoms with Gasteiger partial charge < -0.3 is 14.4 Å². The smallest absolute Gasteiger partial charge is 0.337 e. The van der Waals surface area contributed by atoms with Gasteiger partial charge in [-0.2, -0.15) is 0 Å². The van der Waals surface area contributed by atoms with Gasteiger partial charge in [0.05, 0.1) is 18.6 Å². The fourth-order valence-corrected chi connectivity index (χ4v) is 3.13. The minimum Gasteiger partial charge on any atom is -0.465 e. The standard InChI is InChI=1S/C20H18ClNO5/c1-12-16(21)4-3-5-17(12)22-11-14(10-18(22)23)20(25)27-15-8-6-13(7-9-15)19(24)26-2/h3-9,14H,10-11H2,1-2H3/t14-/m0/s1. The molecular weight excluding hydrogens is 370 g/mol. The second-order valence-corrected chi connectivity index (χ2v) is 6.63. The van der Waals surface area contributed by atoms with Crippen LogP contribution in [0.2, 0.25) is 5.02 Å². The van der Waals surface area contributed by atoms with Crippen LogP contribution in [0.3, 0.4) is 0 Å². The van der Waals surface area contributed by atoms with Crippen molar-refractivity contribution in [2.24, 2.45) is 5.92 Å². The molecule has 0 aliphatic carbocycles. The van der Waals surface area contributed by atoms with Crippen LogP contribution < -0.4 is 9.64 Å². The topological polar surface area (TPSA) is 72.9 Å². The summed E-state index contributed by atoms with van der Waals surface area (Å²) in [6.45, 7) is 2.07. The van der Waals surface area contributed by atoms with Crippen LogP contribution in [0, 0.1) is 12.8 Å². The molecule has 7 heteroatoms. The molecule has 0 N–H and O–H groups in total. The number of benzene rings is 2. The maximum absolute atomic E-state index is 12.4. The summed E-state index contributed by atoms with van der Waals surface area (Å²) in [6, 6.07) is 11.4. The number of rotatable bonds is 4. The Morgan fingerprint density at radius 1 is 1.15 bits per heavy atom. The summed E-state index contributed by atoms with van der Waals surface area (Å²) >= 11 is 6.13. The highest BCUT2D eigenvalue weighted by molar-refractivity contribution is 6.31. The van der Waals surface area contributed by atoms with Crippen molar-refractivity contribution in [1.82, 2.24) is 0 Å². The van der Waals surface area contributed by atoms with E-state index in [-0.39, 0.29) is 18.9 Å². The number of methoxy groups -OCH3 is 1. The number of hydrogen-bond donors (Lipinski definition) is 0. The molecular formula is C20H18ClNO5. The van der Waals surface area contributed by atoms with E-state index in [1.807, 2.05) is 6.92 Å². The van der Waals surface area contributed by atoms with Gasteiger partial charge in [0.15, 0.2) is 0 Å². The zero-order valence-electron chi connectivity index (χ0n) is 14.9. The van der Waals surface area contributed by atoms with E-state index in [1.165, 1.54) is 31.4 Å². The zero-order chi connectivity index (χ0) is 19.6. The molecule has 27 heavy (non-hydrogen) atoms. The van der Waals surface area contributed by atoms with Crippen LogP contribution in [0.5, 0.6) is 5.75 Å². The van der Waals surface area contributed by atoms with Gasteiger partial charge >= 0.3 is 11.9 Å². The molecule has 1 amide bonds. The zero-order valence-corrected chi connectivity index (χ0v) is 15.7. The summed E-state index contributed by atoms with van der Waals surface area (Å²) in [6.07, 6.45) is 0.0744. The molecule has 3 rings (SSSR count). The monoisotopic (exact) mass is 387 g/mol. The van der Waals surface area contributed by atoms with Crippen molar-refractivity contribution in [3.8, 4) is 5.75 Å². The van der Waals surface area contributed by atoms with Crippen LogP contribution in [-0.2, 0) is 14.3 Å². The van der Waals surface area contributed by atoms with Crippen LogP contribution >= 0.6 is 11.6 Å². The van der Waals surface area contributed by atoms with E-state index < -0.39 is 17.9 Å². The maximum atomic E-state index is 12.4. The molecule has 1 fully saturated rings. The number of carbonyl (C=O) groups is 3. The SMILES string of the molecule is COC(=O)c1ccc(OC(=O)[C@H]2CC(=O)N(c3cccc(Cl)c3C)C2)cc1. The van der Waals surface area contributed by atoms with E-state index in [0.717, 1.165) is 5.56 Å². The predicted molar refractivity (Wildman–Crippen MR) is 100 cm³/mol. The molecule has 2 aromatic carbocycles. The summed E-state index contributed by atoms with van der Waals surface area (Å²) in [4.78, 5) is 37.8. The van der Waals surface area contributed by atoms with Crippen molar-refractivity contribution in [1.29, 1.82) is 0 Å². The molecule has 0 bridgehead atoms. The Balaban J connectivity index is 1.69. The Morgan fingerprint density at radius 2 is 1.85 bits per heavy atom. The van der Waals surface area contributed by atoms with E-state index in [1.54, 1.807) is 23.1 Å². The first-order valence-corrected chi connectivity index (χ1v) is 8.74. The highest BCUT2D eigenvalue weighted by atomic mass is 35.5. The van der Waals surface area contributed by atoms with Gasteiger partial charge in [-0.05, 0) is 48.9 Å². The number of esters is 2. The van der Waals surface area contributed by atoms with Crippen LogP contribution in [0.15, 0.2) is 42.5 Å². The molecule has 1 aliphatic heterocycles. The molecule has 0 spiro atoms. The fourth-order valence-electron chi connectivity index (χ4n) is 2.96. The van der Waals surface area contributed by atoms with E-state index in [9.17, 15) is 14.4 Å². The van der Waals surface area contributed by atoms with E-state index >= 15 is 0 Å². The number of carbonyl (C=O) groups excluding carboxylic acids is 3. The Kier molecular flexibility index (Phi) is 5.46. The van der Waals surface area contributed by atoms with Gasteiger partial charge in [-0.25, -0.2) is 4.79 Å². The minimum absolute atomic E-state index is 0.0744. The minimum atomic E-state index is -0.573. The van der Waals surface area contributed by atoms with Gasteiger partial charge in [0, 0.05) is 23.7 Å². The molecule has 140 valence electrons. The lowest BCUT2D eigenvalue weighted by Gasteiger charge is -2.19. The first-order valence-electron chi connectivity index (χ1n) is 8.36. The van der Waals surface area contributed by atoms with Crippen molar-refractivity contribution in [3.05, 3.63) is 58.6 Å². The van der Waals surface area contributed by atoms with Gasteiger partial charge in [0.1, 0.15) is 5.75 Å². The number of amides is 1. The molecule has 6 nitrogen and oxygen atoms in total. The molecule has 1 aliphatic rings. The van der Waals surface area contributed by atoms with Gasteiger partial charge in [-0.1, -0.05) is 17.7 Å². The van der Waals surface area contributed by atoms with E-state index in [4.69, 9.17) is 16.3 Å². The Labute approximate surface area is 161 Å². The van der Waals surface area contributed by atoms with Crippen LogP contribution in [0.1, 0.15) is 22.3 Å². The summed E-state index contributed by atoms with van der Waals surface area (Å²) in [7, 11) is 1.29. The number of ether oxygens (including phenoxy) is 2. The van der Waals surface area contributed by atoms with E-state index in [2.05, 4.69) is 4.74 Å². The quantitative estimate of drug-likeness (QED) is 0.594. The van der Waals surface area contributed by atoms with Crippen LogP contribution in [0.25, 0.3) is 0 Å². The van der Waals surface area contributed by atoms with Gasteiger partial charge in [0.25, 0.3) is 0 Å². The lowest BCUT2D eigenvalue weighted by Crippen LogP contribution is -2.27. The average Bonchev–Trinajstić information content (AvgIpc) is 3.05. The first-order chi connectivity index (χ1) is 12.9. The van der Waals surface area contributed by atoms with Crippen molar-refractivity contribution >= 4 is 35.1 Å². The largest absolute Gasteiger partial charge is 0.465 e. The molecule has 2 aromatic rings. The number of anilines is 1. The van der Waals surface area contributed by atoms with Gasteiger partial charge in [0.2, 0.25) is 5.91 Å². The van der Waals surface area contributed by atoms with Crippen molar-refractivity contribution in [2.45, 2.75) is 13.3 Å². The fraction of sp³-hybridized carbons (Fsp3) is 0.250. The Bertz CT molecular complexity index is 894. The van der Waals surface area contributed by atoms with Crippen LogP contribution in [0.4, 0.5) is 5.69 Å². The maximum Gasteiger partial charge on any atom is 0.337 e. The van der Waals surface area contributed by atoms with Gasteiger partial charge in [-0.15, -0.1) is 0 Å². The number of halogens is 1. The molecule has 1 saturated heterocycles. The summed E-state index contributed by atoms with van der Waals surface area (Å²) in [5, 5.41) is 0.567. The lowest BCUT2D eigenvalue weighted by atomic mass is 10.1. The third-order valence-electron chi connectivity index (χ3n) is 4.48. The summed E-state index contributed by atoms with van der Waals surface area (Å²) < 4.78 is 9.98. The second kappa shape index (κ2) is 7.80. The van der Waals surface area contributed by atoms with Crippen molar-refractivity contribution in [2.75, 3.05) is 18.6 Å². The molecule has 0 saturated carbocycles. The number of hydrogen-bond acceptors (Lipinski definition) is 5.